The van der Waals surface area contributed by atoms with Crippen LogP contribution in [0.25, 0.3) is 5.52 Å². The smallest absolute Gasteiger partial charge is 0.357 e. The average molecular weight is 474 g/mol. The van der Waals surface area contributed by atoms with Crippen molar-refractivity contribution in [3.63, 3.8) is 0 Å². The van der Waals surface area contributed by atoms with E-state index in [4.69, 9.17) is 15.2 Å². The third-order valence-electron chi connectivity index (χ3n) is 4.73. The van der Waals surface area contributed by atoms with Gasteiger partial charge in [-0.1, -0.05) is 17.7 Å². The second-order valence-corrected chi connectivity index (χ2v) is 8.68. The molecule has 2 aromatic heterocycles. The largest absolute Gasteiger partial charge is 0.462 e. The second kappa shape index (κ2) is 9.33. The summed E-state index contributed by atoms with van der Waals surface area (Å²) in [6.45, 7) is 4.96. The number of carbonyl (C=O) groups is 3. The van der Waals surface area contributed by atoms with Gasteiger partial charge in [-0.3, -0.25) is 9.52 Å². The number of nitrogens with zero attached hydrogens (tertiary/aromatic N) is 1. The number of esters is 2. The summed E-state index contributed by atoms with van der Waals surface area (Å²) in [7, 11) is -4.22. The summed E-state index contributed by atoms with van der Waals surface area (Å²) >= 11 is 0. The first-order chi connectivity index (χ1) is 15.6. The maximum absolute atomic E-state index is 13.1. The third-order valence-corrected chi connectivity index (χ3v) is 6.10. The molecule has 3 aromatic rings. The van der Waals surface area contributed by atoms with E-state index in [0.717, 1.165) is 5.56 Å². The number of hydrogen-bond acceptors (Lipinski definition) is 7. The van der Waals surface area contributed by atoms with E-state index in [2.05, 4.69) is 4.72 Å². The van der Waals surface area contributed by atoms with E-state index in [1.165, 1.54) is 34.9 Å². The molecular weight excluding hydrogens is 450 g/mol. The predicted octanol–water partition coefficient (Wildman–Crippen LogP) is 2.50. The number of aryl methyl sites for hydroxylation is 1. The summed E-state index contributed by atoms with van der Waals surface area (Å²) in [4.78, 5) is 37.4. The first kappa shape index (κ1) is 23.8. The lowest BCUT2D eigenvalue weighted by molar-refractivity contribution is 0.0518. The third kappa shape index (κ3) is 4.67. The minimum absolute atomic E-state index is 0.00837. The Morgan fingerprint density at radius 2 is 1.58 bits per heavy atom. The standard InChI is InChI=1S/C22H23N3O7S/c1-4-31-21(27)17-16-11-8-14(20(23)26)12-25(16)19(22(28)32-5-2)18(17)24-33(29,30)15-9-6-13(3)7-10-15/h6-12,24H,4-5H2,1-3H3,(H2,23,26). The molecule has 3 N–H and O–H groups in total. The van der Waals surface area contributed by atoms with E-state index in [1.54, 1.807) is 32.9 Å². The number of carbonyl (C=O) groups excluding carboxylic acids is 3. The van der Waals surface area contributed by atoms with Crippen molar-refractivity contribution in [1.29, 1.82) is 0 Å². The topological polar surface area (TPSA) is 146 Å². The van der Waals surface area contributed by atoms with E-state index in [1.807, 2.05) is 0 Å². The number of pyridine rings is 1. The number of benzene rings is 1. The van der Waals surface area contributed by atoms with Gasteiger partial charge in [-0.15, -0.1) is 0 Å². The van der Waals surface area contributed by atoms with Crippen LogP contribution in [0.5, 0.6) is 0 Å². The van der Waals surface area contributed by atoms with Crippen molar-refractivity contribution in [2.75, 3.05) is 17.9 Å². The van der Waals surface area contributed by atoms with Gasteiger partial charge in [0.05, 0.1) is 34.9 Å². The molecule has 1 amide bonds. The first-order valence-corrected chi connectivity index (χ1v) is 11.5. The molecule has 0 saturated carbocycles. The lowest BCUT2D eigenvalue weighted by atomic mass is 10.2. The van der Waals surface area contributed by atoms with E-state index in [-0.39, 0.29) is 46.1 Å². The van der Waals surface area contributed by atoms with Crippen LogP contribution in [0.15, 0.2) is 47.5 Å². The Hall–Kier alpha value is -3.86. The lowest BCUT2D eigenvalue weighted by Gasteiger charge is -2.11. The van der Waals surface area contributed by atoms with Crippen molar-refractivity contribution < 1.29 is 32.3 Å². The fourth-order valence-corrected chi connectivity index (χ4v) is 4.30. The Labute approximate surface area is 190 Å². The molecule has 0 spiro atoms. The van der Waals surface area contributed by atoms with Crippen LogP contribution in [-0.4, -0.2) is 43.9 Å². The summed E-state index contributed by atoms with van der Waals surface area (Å²) < 4.78 is 40.0. The lowest BCUT2D eigenvalue weighted by Crippen LogP contribution is -2.19. The fourth-order valence-electron chi connectivity index (χ4n) is 3.22. The van der Waals surface area contributed by atoms with Crippen molar-refractivity contribution in [1.82, 2.24) is 4.40 Å². The van der Waals surface area contributed by atoms with Crippen molar-refractivity contribution in [2.24, 2.45) is 5.73 Å². The van der Waals surface area contributed by atoms with Gasteiger partial charge in [0, 0.05) is 6.20 Å². The molecule has 0 saturated heterocycles. The second-order valence-electron chi connectivity index (χ2n) is 7.00. The number of rotatable bonds is 8. The molecule has 2 heterocycles. The summed E-state index contributed by atoms with van der Waals surface area (Å²) in [5, 5.41) is 0. The fraction of sp³-hybridized carbons (Fsp3) is 0.227. The van der Waals surface area contributed by atoms with Crippen LogP contribution in [-0.2, 0) is 19.5 Å². The van der Waals surface area contributed by atoms with Crippen LogP contribution in [0.4, 0.5) is 5.69 Å². The molecule has 0 aliphatic rings. The van der Waals surface area contributed by atoms with Gasteiger partial charge in [0.15, 0.2) is 5.69 Å². The maximum Gasteiger partial charge on any atom is 0.357 e. The molecule has 11 heteroatoms. The number of aromatic nitrogens is 1. The predicted molar refractivity (Wildman–Crippen MR) is 120 cm³/mol. The Bertz CT molecular complexity index is 1340. The highest BCUT2D eigenvalue weighted by Gasteiger charge is 2.32. The summed E-state index contributed by atoms with van der Waals surface area (Å²) in [6, 6.07) is 8.75. The molecule has 0 aliphatic heterocycles. The molecule has 0 fully saturated rings. The van der Waals surface area contributed by atoms with Gasteiger partial charge in [0.1, 0.15) is 5.56 Å². The number of primary amides is 1. The molecule has 0 aliphatic carbocycles. The Morgan fingerprint density at radius 3 is 2.15 bits per heavy atom. The molecule has 0 bridgehead atoms. The quantitative estimate of drug-likeness (QED) is 0.478. The number of nitrogens with two attached hydrogens (primary N) is 1. The molecule has 1 aromatic carbocycles. The van der Waals surface area contributed by atoms with Crippen LogP contribution < -0.4 is 10.5 Å². The molecule has 33 heavy (non-hydrogen) atoms. The Morgan fingerprint density at radius 1 is 0.970 bits per heavy atom. The summed E-state index contributed by atoms with van der Waals surface area (Å²) in [5.74, 6) is -2.55. The zero-order valence-corrected chi connectivity index (χ0v) is 19.1. The number of sulfonamides is 1. The SMILES string of the molecule is CCOC(=O)c1c(NS(=O)(=O)c2ccc(C)cc2)c(C(=O)OCC)n2cc(C(N)=O)ccc12. The number of fused-ring (bicyclic) bond motifs is 1. The first-order valence-electron chi connectivity index (χ1n) is 10.0. The van der Waals surface area contributed by atoms with Crippen molar-refractivity contribution >= 4 is 39.1 Å². The molecule has 174 valence electrons. The van der Waals surface area contributed by atoms with Gasteiger partial charge in [-0.25, -0.2) is 18.0 Å². The Kier molecular flexibility index (Phi) is 6.73. The number of anilines is 1. The molecule has 0 unspecified atom stereocenters. The zero-order chi connectivity index (χ0) is 24.3. The molecular formula is C22H23N3O7S. The number of amides is 1. The van der Waals surface area contributed by atoms with Gasteiger partial charge in [-0.05, 0) is 45.0 Å². The zero-order valence-electron chi connectivity index (χ0n) is 18.2. The summed E-state index contributed by atoms with van der Waals surface area (Å²) in [5.41, 5.74) is 5.55. The van der Waals surface area contributed by atoms with Crippen LogP contribution in [0, 0.1) is 6.92 Å². The van der Waals surface area contributed by atoms with Crippen LogP contribution in [0.1, 0.15) is 50.6 Å². The Balaban J connectivity index is 2.34. The van der Waals surface area contributed by atoms with Gasteiger partial charge in [-0.2, -0.15) is 0 Å². The molecule has 3 rings (SSSR count). The number of nitrogens with one attached hydrogen (secondary N) is 1. The molecule has 10 nitrogen and oxygen atoms in total. The van der Waals surface area contributed by atoms with Gasteiger partial charge in [0.25, 0.3) is 10.0 Å². The number of ether oxygens (including phenoxy) is 2. The maximum atomic E-state index is 13.1. The minimum atomic E-state index is -4.22. The van der Waals surface area contributed by atoms with E-state index in [9.17, 15) is 22.8 Å². The van der Waals surface area contributed by atoms with E-state index >= 15 is 0 Å². The van der Waals surface area contributed by atoms with E-state index < -0.39 is 27.9 Å². The van der Waals surface area contributed by atoms with Gasteiger partial charge >= 0.3 is 11.9 Å². The van der Waals surface area contributed by atoms with Crippen molar-refractivity contribution in [3.8, 4) is 0 Å². The summed E-state index contributed by atoms with van der Waals surface area (Å²) in [6.07, 6.45) is 1.23. The van der Waals surface area contributed by atoms with Crippen LogP contribution in [0.3, 0.4) is 0 Å². The van der Waals surface area contributed by atoms with Crippen LogP contribution >= 0.6 is 0 Å². The average Bonchev–Trinajstić information content (AvgIpc) is 3.06. The molecule has 0 atom stereocenters. The number of hydrogen-bond donors (Lipinski definition) is 2. The highest BCUT2D eigenvalue weighted by Crippen LogP contribution is 2.33. The van der Waals surface area contributed by atoms with Crippen molar-refractivity contribution in [3.05, 3.63) is 65.0 Å². The van der Waals surface area contributed by atoms with Gasteiger partial charge < -0.3 is 19.6 Å². The highest BCUT2D eigenvalue weighted by molar-refractivity contribution is 7.92. The monoisotopic (exact) mass is 473 g/mol. The van der Waals surface area contributed by atoms with Gasteiger partial charge in [0.2, 0.25) is 5.91 Å². The van der Waals surface area contributed by atoms with E-state index in [0.29, 0.717) is 0 Å². The van der Waals surface area contributed by atoms with Crippen LogP contribution in [0.2, 0.25) is 0 Å². The highest BCUT2D eigenvalue weighted by atomic mass is 32.2. The minimum Gasteiger partial charge on any atom is -0.462 e. The normalized spacial score (nSPS) is 11.2. The molecule has 0 radical (unpaired) electrons. The van der Waals surface area contributed by atoms with Crippen molar-refractivity contribution in [2.45, 2.75) is 25.7 Å².